The van der Waals surface area contributed by atoms with Gasteiger partial charge in [-0.05, 0) is 24.3 Å². The third-order valence-electron chi connectivity index (χ3n) is 4.63. The Labute approximate surface area is 155 Å². The van der Waals surface area contributed by atoms with Crippen LogP contribution in [0, 0.1) is 0 Å². The standard InChI is InChI=1S/C20H18N4O3/c25-18(21-10-8-17-22-13-14-5-3-4-11-23(14)17)9-12-24-19(26)15-6-1-2-7-16(15)20(24)27/h1-7,11,13H,8-10,12H2,(H,21,25). The Bertz CT molecular complexity index is 1010. The number of nitrogens with zero attached hydrogens (tertiary/aromatic N) is 3. The molecule has 0 saturated carbocycles. The number of hydrogen-bond donors (Lipinski definition) is 1. The van der Waals surface area contributed by atoms with Crippen molar-refractivity contribution in [2.24, 2.45) is 0 Å². The molecule has 0 saturated heterocycles. The number of carbonyl (C=O) groups is 3. The molecule has 1 aliphatic heterocycles. The van der Waals surface area contributed by atoms with E-state index in [9.17, 15) is 14.4 Å². The lowest BCUT2D eigenvalue weighted by Crippen LogP contribution is -2.35. The molecule has 0 radical (unpaired) electrons. The van der Waals surface area contributed by atoms with Gasteiger partial charge in [0, 0.05) is 32.1 Å². The number of hydrogen-bond acceptors (Lipinski definition) is 4. The van der Waals surface area contributed by atoms with Crippen LogP contribution in [-0.2, 0) is 11.2 Å². The highest BCUT2D eigenvalue weighted by molar-refractivity contribution is 6.21. The van der Waals surface area contributed by atoms with Crippen LogP contribution in [0.5, 0.6) is 0 Å². The van der Waals surface area contributed by atoms with E-state index in [2.05, 4.69) is 10.3 Å². The molecule has 0 aliphatic carbocycles. The summed E-state index contributed by atoms with van der Waals surface area (Å²) in [5.74, 6) is -0.0156. The molecule has 0 atom stereocenters. The van der Waals surface area contributed by atoms with Gasteiger partial charge in [0.2, 0.25) is 5.91 Å². The van der Waals surface area contributed by atoms with Gasteiger partial charge in [0.05, 0.1) is 22.8 Å². The maximum Gasteiger partial charge on any atom is 0.261 e. The number of amides is 3. The first-order chi connectivity index (χ1) is 13.1. The summed E-state index contributed by atoms with van der Waals surface area (Å²) >= 11 is 0. The molecule has 2 aromatic heterocycles. The summed E-state index contributed by atoms with van der Waals surface area (Å²) in [6, 6.07) is 12.5. The van der Waals surface area contributed by atoms with Crippen molar-refractivity contribution in [3.8, 4) is 0 Å². The van der Waals surface area contributed by atoms with Crippen molar-refractivity contribution < 1.29 is 14.4 Å². The molecule has 3 aromatic rings. The molecule has 1 N–H and O–H groups in total. The normalized spacial score (nSPS) is 13.3. The van der Waals surface area contributed by atoms with Gasteiger partial charge in [-0.3, -0.25) is 19.3 Å². The Morgan fingerprint density at radius 3 is 2.44 bits per heavy atom. The van der Waals surface area contributed by atoms with Gasteiger partial charge >= 0.3 is 0 Å². The van der Waals surface area contributed by atoms with E-state index < -0.39 is 0 Å². The number of carbonyl (C=O) groups excluding carboxylic acids is 3. The van der Waals surface area contributed by atoms with E-state index >= 15 is 0 Å². The Morgan fingerprint density at radius 1 is 1.00 bits per heavy atom. The van der Waals surface area contributed by atoms with Crippen LogP contribution in [0.4, 0.5) is 0 Å². The van der Waals surface area contributed by atoms with Crippen LogP contribution >= 0.6 is 0 Å². The van der Waals surface area contributed by atoms with Gasteiger partial charge in [-0.15, -0.1) is 0 Å². The lowest BCUT2D eigenvalue weighted by molar-refractivity contribution is -0.121. The highest BCUT2D eigenvalue weighted by Gasteiger charge is 2.34. The van der Waals surface area contributed by atoms with Crippen molar-refractivity contribution in [1.29, 1.82) is 0 Å². The molecule has 27 heavy (non-hydrogen) atoms. The van der Waals surface area contributed by atoms with Crippen molar-refractivity contribution in [2.45, 2.75) is 12.8 Å². The molecule has 0 fully saturated rings. The van der Waals surface area contributed by atoms with E-state index in [1.54, 1.807) is 30.5 Å². The molecule has 1 aliphatic rings. The number of benzene rings is 1. The maximum absolute atomic E-state index is 12.3. The lowest BCUT2D eigenvalue weighted by Gasteiger charge is -2.13. The number of imidazole rings is 1. The molecule has 4 rings (SSSR count). The topological polar surface area (TPSA) is 83.8 Å². The van der Waals surface area contributed by atoms with Gasteiger partial charge in [0.15, 0.2) is 0 Å². The second kappa shape index (κ2) is 7.03. The number of rotatable bonds is 6. The highest BCUT2D eigenvalue weighted by atomic mass is 16.2. The molecule has 3 amide bonds. The number of fused-ring (bicyclic) bond motifs is 2. The number of pyridine rings is 1. The largest absolute Gasteiger partial charge is 0.356 e. The summed E-state index contributed by atoms with van der Waals surface area (Å²) in [7, 11) is 0. The maximum atomic E-state index is 12.3. The van der Waals surface area contributed by atoms with Gasteiger partial charge in [-0.1, -0.05) is 18.2 Å². The average Bonchev–Trinajstić information content (AvgIpc) is 3.20. The molecule has 7 heteroatoms. The van der Waals surface area contributed by atoms with E-state index in [1.807, 2.05) is 28.8 Å². The summed E-state index contributed by atoms with van der Waals surface area (Å²) in [4.78, 5) is 42.1. The monoisotopic (exact) mass is 362 g/mol. The minimum atomic E-state index is -0.341. The summed E-state index contributed by atoms with van der Waals surface area (Å²) in [5.41, 5.74) is 1.80. The van der Waals surface area contributed by atoms with E-state index in [-0.39, 0.29) is 30.7 Å². The molecule has 7 nitrogen and oxygen atoms in total. The highest BCUT2D eigenvalue weighted by Crippen LogP contribution is 2.22. The first-order valence-corrected chi connectivity index (χ1v) is 8.78. The number of imide groups is 1. The molecule has 3 heterocycles. The summed E-state index contributed by atoms with van der Waals surface area (Å²) in [6.45, 7) is 0.513. The van der Waals surface area contributed by atoms with Gasteiger partial charge in [-0.2, -0.15) is 0 Å². The van der Waals surface area contributed by atoms with E-state index in [0.717, 1.165) is 16.2 Å². The Hall–Kier alpha value is -3.48. The van der Waals surface area contributed by atoms with Crippen molar-refractivity contribution in [1.82, 2.24) is 19.6 Å². The minimum Gasteiger partial charge on any atom is -0.356 e. The Kier molecular flexibility index (Phi) is 4.42. The van der Waals surface area contributed by atoms with Gasteiger partial charge in [0.1, 0.15) is 5.82 Å². The van der Waals surface area contributed by atoms with Gasteiger partial charge in [0.25, 0.3) is 11.8 Å². The first kappa shape index (κ1) is 17.0. The Balaban J connectivity index is 1.28. The van der Waals surface area contributed by atoms with Crippen molar-refractivity contribution in [3.63, 3.8) is 0 Å². The summed E-state index contributed by atoms with van der Waals surface area (Å²) < 4.78 is 1.98. The Morgan fingerprint density at radius 2 is 1.70 bits per heavy atom. The van der Waals surface area contributed by atoms with E-state index in [1.165, 1.54) is 0 Å². The molecule has 0 unspecified atom stereocenters. The molecular weight excluding hydrogens is 344 g/mol. The van der Waals surface area contributed by atoms with Gasteiger partial charge in [-0.25, -0.2) is 4.98 Å². The summed E-state index contributed by atoms with van der Waals surface area (Å²) in [5, 5.41) is 2.82. The molecule has 1 aromatic carbocycles. The minimum absolute atomic E-state index is 0.0739. The zero-order valence-electron chi connectivity index (χ0n) is 14.6. The second-order valence-electron chi connectivity index (χ2n) is 6.33. The van der Waals surface area contributed by atoms with Crippen LogP contribution in [0.3, 0.4) is 0 Å². The van der Waals surface area contributed by atoms with E-state index in [4.69, 9.17) is 0 Å². The fraction of sp³-hybridized carbons (Fsp3) is 0.200. The predicted octanol–water partition coefficient (Wildman–Crippen LogP) is 1.68. The van der Waals surface area contributed by atoms with Crippen LogP contribution < -0.4 is 5.32 Å². The SMILES string of the molecule is O=C(CCN1C(=O)c2ccccc2C1=O)NCCc1ncc2ccccn12. The van der Waals surface area contributed by atoms with Crippen LogP contribution in [-0.4, -0.2) is 45.1 Å². The molecule has 0 spiro atoms. The van der Waals surface area contributed by atoms with Crippen LogP contribution in [0.25, 0.3) is 5.52 Å². The predicted molar refractivity (Wildman–Crippen MR) is 98.3 cm³/mol. The fourth-order valence-electron chi connectivity index (χ4n) is 3.24. The van der Waals surface area contributed by atoms with Crippen LogP contribution in [0.1, 0.15) is 33.0 Å². The smallest absolute Gasteiger partial charge is 0.261 e. The van der Waals surface area contributed by atoms with Crippen molar-refractivity contribution >= 4 is 23.2 Å². The third kappa shape index (κ3) is 3.19. The van der Waals surface area contributed by atoms with E-state index in [0.29, 0.717) is 24.1 Å². The van der Waals surface area contributed by atoms with Crippen molar-refractivity contribution in [2.75, 3.05) is 13.1 Å². The zero-order valence-corrected chi connectivity index (χ0v) is 14.6. The van der Waals surface area contributed by atoms with Crippen LogP contribution in [0.2, 0.25) is 0 Å². The fourth-order valence-corrected chi connectivity index (χ4v) is 3.24. The molecular formula is C20H18N4O3. The number of aromatic nitrogens is 2. The quantitative estimate of drug-likeness (QED) is 0.676. The summed E-state index contributed by atoms with van der Waals surface area (Å²) in [6.07, 6.45) is 4.39. The third-order valence-corrected chi connectivity index (χ3v) is 4.63. The first-order valence-electron chi connectivity index (χ1n) is 8.78. The van der Waals surface area contributed by atoms with Crippen LogP contribution in [0.15, 0.2) is 54.9 Å². The lowest BCUT2D eigenvalue weighted by atomic mass is 10.1. The van der Waals surface area contributed by atoms with Crippen molar-refractivity contribution in [3.05, 3.63) is 71.8 Å². The second-order valence-corrected chi connectivity index (χ2v) is 6.33. The van der Waals surface area contributed by atoms with Gasteiger partial charge < -0.3 is 9.72 Å². The average molecular weight is 362 g/mol. The number of nitrogens with one attached hydrogen (secondary N) is 1. The zero-order chi connectivity index (χ0) is 18.8. The molecule has 0 bridgehead atoms. The molecule has 136 valence electrons.